The molecule has 0 heterocycles. The van der Waals surface area contributed by atoms with E-state index in [1.54, 1.807) is 12.1 Å². The molecule has 0 radical (unpaired) electrons. The minimum Gasteiger partial charge on any atom is -0.356 e. The highest BCUT2D eigenvalue weighted by molar-refractivity contribution is 5.61. The van der Waals surface area contributed by atoms with E-state index in [9.17, 15) is 0 Å². The maximum atomic E-state index is 8.27. The van der Waals surface area contributed by atoms with Gasteiger partial charge >= 0.3 is 0 Å². The second kappa shape index (κ2) is 4.87. The summed E-state index contributed by atoms with van der Waals surface area (Å²) in [6.07, 6.45) is 0. The summed E-state index contributed by atoms with van der Waals surface area (Å²) in [5, 5.41) is 6.75. The van der Waals surface area contributed by atoms with Crippen molar-refractivity contribution >= 4 is 17.1 Å². The van der Waals surface area contributed by atoms with Gasteiger partial charge in [-0.3, -0.25) is 0 Å². The van der Waals surface area contributed by atoms with Crippen molar-refractivity contribution in [3.05, 3.63) is 65.0 Å². The molecule has 0 saturated carbocycles. The van der Waals surface area contributed by atoms with E-state index in [-0.39, 0.29) is 0 Å². The molecular weight excluding hydrogens is 200 g/mol. The van der Waals surface area contributed by atoms with Crippen molar-refractivity contribution in [2.24, 2.45) is 5.11 Å². The number of hydrogen-bond acceptors (Lipinski definition) is 2. The van der Waals surface area contributed by atoms with Gasteiger partial charge in [0.25, 0.3) is 0 Å². The molecule has 0 bridgehead atoms. The zero-order chi connectivity index (χ0) is 11.2. The van der Waals surface area contributed by atoms with Crippen LogP contribution in [0.2, 0.25) is 0 Å². The van der Waals surface area contributed by atoms with Crippen LogP contribution in [0.4, 0.5) is 17.1 Å². The monoisotopic (exact) mass is 210 g/mol. The molecule has 16 heavy (non-hydrogen) atoms. The Kier molecular flexibility index (Phi) is 3.07. The first kappa shape index (κ1) is 10.1. The van der Waals surface area contributed by atoms with Crippen molar-refractivity contribution < 1.29 is 0 Å². The summed E-state index contributed by atoms with van der Waals surface area (Å²) in [4.78, 5) is 2.72. The predicted molar refractivity (Wildman–Crippen MR) is 65.0 cm³/mol. The number of nitrogens with zero attached hydrogens (tertiary/aromatic N) is 3. The Morgan fingerprint density at radius 2 is 1.50 bits per heavy atom. The standard InChI is InChI=1S/C12H10N4/c13-16-15-12-8-6-11(7-9-12)14-10-4-2-1-3-5-10/h1-9,14H. The molecule has 0 atom stereocenters. The van der Waals surface area contributed by atoms with Gasteiger partial charge in [0.05, 0.1) is 0 Å². The molecule has 0 unspecified atom stereocenters. The Balaban J connectivity index is 2.14. The molecule has 0 aliphatic rings. The van der Waals surface area contributed by atoms with Gasteiger partial charge < -0.3 is 5.32 Å². The maximum Gasteiger partial charge on any atom is 0.0384 e. The number of azide groups is 1. The molecule has 4 nitrogen and oxygen atoms in total. The zero-order valence-electron chi connectivity index (χ0n) is 8.54. The number of rotatable bonds is 3. The third kappa shape index (κ3) is 2.53. The van der Waals surface area contributed by atoms with Gasteiger partial charge in [0.1, 0.15) is 0 Å². The topological polar surface area (TPSA) is 60.8 Å². The lowest BCUT2D eigenvalue weighted by atomic mass is 10.2. The summed E-state index contributed by atoms with van der Waals surface area (Å²) in [6, 6.07) is 17.2. The molecule has 0 saturated heterocycles. The van der Waals surface area contributed by atoms with Crippen molar-refractivity contribution in [2.75, 3.05) is 5.32 Å². The van der Waals surface area contributed by atoms with Gasteiger partial charge in [-0.1, -0.05) is 35.4 Å². The molecule has 0 aliphatic carbocycles. The summed E-state index contributed by atoms with van der Waals surface area (Å²) < 4.78 is 0. The molecule has 2 rings (SSSR count). The average molecular weight is 210 g/mol. The third-order valence-corrected chi connectivity index (χ3v) is 2.09. The Labute approximate surface area is 93.2 Å². The van der Waals surface area contributed by atoms with E-state index in [1.165, 1.54) is 0 Å². The molecule has 0 fully saturated rings. The van der Waals surface area contributed by atoms with Gasteiger partial charge in [-0.15, -0.1) is 0 Å². The average Bonchev–Trinajstić information content (AvgIpc) is 2.33. The van der Waals surface area contributed by atoms with Crippen LogP contribution in [0.25, 0.3) is 10.4 Å². The van der Waals surface area contributed by atoms with E-state index in [0.29, 0.717) is 5.69 Å². The van der Waals surface area contributed by atoms with Gasteiger partial charge in [0.15, 0.2) is 0 Å². The van der Waals surface area contributed by atoms with Crippen LogP contribution in [-0.4, -0.2) is 0 Å². The van der Waals surface area contributed by atoms with Gasteiger partial charge in [-0.05, 0) is 29.8 Å². The van der Waals surface area contributed by atoms with E-state index in [2.05, 4.69) is 15.3 Å². The van der Waals surface area contributed by atoms with E-state index in [1.807, 2.05) is 42.5 Å². The van der Waals surface area contributed by atoms with Crippen LogP contribution >= 0.6 is 0 Å². The fourth-order valence-electron chi connectivity index (χ4n) is 1.35. The molecule has 0 spiro atoms. The van der Waals surface area contributed by atoms with Crippen LogP contribution in [0, 0.1) is 0 Å². The van der Waals surface area contributed by atoms with Crippen LogP contribution in [0.15, 0.2) is 59.7 Å². The molecule has 1 N–H and O–H groups in total. The minimum absolute atomic E-state index is 0.612. The fraction of sp³-hybridized carbons (Fsp3) is 0. The molecule has 0 aliphatic heterocycles. The lowest BCUT2D eigenvalue weighted by Gasteiger charge is -2.05. The Morgan fingerprint density at radius 3 is 2.12 bits per heavy atom. The highest BCUT2D eigenvalue weighted by atomic mass is 15.1. The van der Waals surface area contributed by atoms with E-state index in [0.717, 1.165) is 11.4 Å². The first-order valence-electron chi connectivity index (χ1n) is 4.86. The Morgan fingerprint density at radius 1 is 0.875 bits per heavy atom. The van der Waals surface area contributed by atoms with Crippen molar-refractivity contribution in [2.45, 2.75) is 0 Å². The molecule has 78 valence electrons. The van der Waals surface area contributed by atoms with E-state index >= 15 is 0 Å². The number of benzene rings is 2. The maximum absolute atomic E-state index is 8.27. The normalized spacial score (nSPS) is 9.25. The summed E-state index contributed by atoms with van der Waals surface area (Å²) >= 11 is 0. The van der Waals surface area contributed by atoms with Crippen LogP contribution in [-0.2, 0) is 0 Å². The molecule has 2 aromatic rings. The lowest BCUT2D eigenvalue weighted by molar-refractivity contribution is 1.46. The van der Waals surface area contributed by atoms with Crippen molar-refractivity contribution in [3.63, 3.8) is 0 Å². The number of nitrogens with one attached hydrogen (secondary N) is 1. The molecular formula is C12H10N4. The summed E-state index contributed by atoms with van der Waals surface area (Å²) in [5.74, 6) is 0. The van der Waals surface area contributed by atoms with Gasteiger partial charge in [0, 0.05) is 22.0 Å². The van der Waals surface area contributed by atoms with Crippen molar-refractivity contribution in [3.8, 4) is 0 Å². The Bertz CT molecular complexity index is 498. The van der Waals surface area contributed by atoms with Crippen molar-refractivity contribution in [1.82, 2.24) is 0 Å². The first-order valence-corrected chi connectivity index (χ1v) is 4.86. The number of para-hydroxylation sites is 1. The molecule has 2 aromatic carbocycles. The first-order chi connectivity index (χ1) is 7.88. The van der Waals surface area contributed by atoms with Crippen LogP contribution in [0.3, 0.4) is 0 Å². The third-order valence-electron chi connectivity index (χ3n) is 2.09. The van der Waals surface area contributed by atoms with Gasteiger partial charge in [-0.25, -0.2) is 0 Å². The number of hydrogen-bond donors (Lipinski definition) is 1. The largest absolute Gasteiger partial charge is 0.356 e. The highest BCUT2D eigenvalue weighted by Gasteiger charge is 1.93. The Hall–Kier alpha value is -2.45. The van der Waals surface area contributed by atoms with Crippen LogP contribution in [0.1, 0.15) is 0 Å². The van der Waals surface area contributed by atoms with Crippen LogP contribution < -0.4 is 5.32 Å². The smallest absolute Gasteiger partial charge is 0.0384 e. The molecule has 4 heteroatoms. The zero-order valence-corrected chi connectivity index (χ0v) is 8.54. The van der Waals surface area contributed by atoms with Gasteiger partial charge in [-0.2, -0.15) is 0 Å². The second-order valence-electron chi connectivity index (χ2n) is 3.23. The summed E-state index contributed by atoms with van der Waals surface area (Å²) in [7, 11) is 0. The highest BCUT2D eigenvalue weighted by Crippen LogP contribution is 2.19. The predicted octanol–water partition coefficient (Wildman–Crippen LogP) is 4.37. The van der Waals surface area contributed by atoms with Gasteiger partial charge in [0.2, 0.25) is 0 Å². The summed E-state index contributed by atoms with van der Waals surface area (Å²) in [6.45, 7) is 0. The number of anilines is 2. The van der Waals surface area contributed by atoms with E-state index < -0.39 is 0 Å². The lowest BCUT2D eigenvalue weighted by Crippen LogP contribution is -1.88. The quantitative estimate of drug-likeness (QED) is 0.456. The summed E-state index contributed by atoms with van der Waals surface area (Å²) in [5.41, 5.74) is 10.9. The van der Waals surface area contributed by atoms with Crippen molar-refractivity contribution in [1.29, 1.82) is 0 Å². The minimum atomic E-state index is 0.612. The second-order valence-corrected chi connectivity index (χ2v) is 3.23. The molecule has 0 aromatic heterocycles. The SMILES string of the molecule is [N-]=[N+]=Nc1ccc(Nc2ccccc2)cc1. The van der Waals surface area contributed by atoms with E-state index in [4.69, 9.17) is 5.53 Å². The fourth-order valence-corrected chi connectivity index (χ4v) is 1.35. The molecule has 0 amide bonds. The van der Waals surface area contributed by atoms with Crippen LogP contribution in [0.5, 0.6) is 0 Å².